The first-order chi connectivity index (χ1) is 11.4. The van der Waals surface area contributed by atoms with Crippen molar-refractivity contribution in [3.05, 3.63) is 45.3 Å². The van der Waals surface area contributed by atoms with E-state index in [1.54, 1.807) is 45.4 Å². The molecule has 2 aromatic carbocycles. The van der Waals surface area contributed by atoms with E-state index in [0.29, 0.717) is 22.9 Å². The van der Waals surface area contributed by atoms with Gasteiger partial charge in [0.05, 0.1) is 18.7 Å². The van der Waals surface area contributed by atoms with Crippen molar-refractivity contribution in [1.82, 2.24) is 0 Å². The average Bonchev–Trinajstić information content (AvgIpc) is 2.57. The van der Waals surface area contributed by atoms with Crippen molar-refractivity contribution >= 4 is 43.5 Å². The number of carbonyl (C=O) groups excluding carboxylic acids is 1. The predicted molar refractivity (Wildman–Crippen MR) is 100 cm³/mol. The van der Waals surface area contributed by atoms with Gasteiger partial charge >= 0.3 is 0 Å². The Balaban J connectivity index is 2.06. The predicted octanol–water partition coefficient (Wildman–Crippen LogP) is 4.63. The summed E-state index contributed by atoms with van der Waals surface area (Å²) >= 11 is 6.78. The molecule has 0 aliphatic rings. The summed E-state index contributed by atoms with van der Waals surface area (Å²) in [7, 11) is 3.10. The number of methoxy groups -OCH3 is 2. The van der Waals surface area contributed by atoms with Crippen molar-refractivity contribution in [3.63, 3.8) is 0 Å². The van der Waals surface area contributed by atoms with Gasteiger partial charge < -0.3 is 19.5 Å². The summed E-state index contributed by atoms with van der Waals surface area (Å²) in [5.74, 6) is 1.46. The molecule has 0 saturated heterocycles. The molecule has 0 saturated carbocycles. The van der Waals surface area contributed by atoms with E-state index < -0.39 is 6.10 Å². The van der Waals surface area contributed by atoms with Gasteiger partial charge in [-0.15, -0.1) is 0 Å². The van der Waals surface area contributed by atoms with E-state index in [1.807, 2.05) is 12.1 Å². The molecule has 0 spiro atoms. The topological polar surface area (TPSA) is 56.8 Å². The zero-order valence-corrected chi connectivity index (χ0v) is 16.6. The maximum atomic E-state index is 12.3. The van der Waals surface area contributed by atoms with E-state index in [2.05, 4.69) is 37.2 Å². The summed E-state index contributed by atoms with van der Waals surface area (Å²) in [4.78, 5) is 12.3. The van der Waals surface area contributed by atoms with E-state index in [-0.39, 0.29) is 5.91 Å². The van der Waals surface area contributed by atoms with Crippen LogP contribution in [-0.2, 0) is 4.79 Å². The summed E-state index contributed by atoms with van der Waals surface area (Å²) in [6.07, 6.45) is -0.671. The van der Waals surface area contributed by atoms with Crippen molar-refractivity contribution in [2.24, 2.45) is 0 Å². The van der Waals surface area contributed by atoms with Crippen LogP contribution < -0.4 is 19.5 Å². The monoisotopic (exact) mass is 457 g/mol. The highest BCUT2D eigenvalue weighted by Gasteiger charge is 2.17. The molecule has 1 amide bonds. The maximum Gasteiger partial charge on any atom is 0.265 e. The van der Waals surface area contributed by atoms with Gasteiger partial charge in [-0.1, -0.05) is 15.9 Å². The third kappa shape index (κ3) is 4.64. The number of hydrogen-bond donors (Lipinski definition) is 1. The third-order valence-corrected chi connectivity index (χ3v) is 4.33. The highest BCUT2D eigenvalue weighted by atomic mass is 79.9. The van der Waals surface area contributed by atoms with E-state index in [1.165, 1.54) is 0 Å². The molecule has 5 nitrogen and oxygen atoms in total. The van der Waals surface area contributed by atoms with Gasteiger partial charge in [0.1, 0.15) is 5.75 Å². The first kappa shape index (κ1) is 18.6. The van der Waals surface area contributed by atoms with Crippen molar-refractivity contribution in [1.29, 1.82) is 0 Å². The van der Waals surface area contributed by atoms with E-state index >= 15 is 0 Å². The van der Waals surface area contributed by atoms with Crippen molar-refractivity contribution in [2.45, 2.75) is 13.0 Å². The molecule has 0 fully saturated rings. The van der Waals surface area contributed by atoms with Gasteiger partial charge in [-0.25, -0.2) is 0 Å². The normalized spacial score (nSPS) is 11.5. The Morgan fingerprint density at radius 3 is 2.29 bits per heavy atom. The minimum absolute atomic E-state index is 0.267. The second-order valence-corrected chi connectivity index (χ2v) is 6.66. The van der Waals surface area contributed by atoms with Crippen LogP contribution in [0.15, 0.2) is 45.3 Å². The van der Waals surface area contributed by atoms with Gasteiger partial charge in [0.25, 0.3) is 5.91 Å². The molecule has 0 radical (unpaired) electrons. The van der Waals surface area contributed by atoms with Crippen LogP contribution in [0.3, 0.4) is 0 Å². The summed E-state index contributed by atoms with van der Waals surface area (Å²) in [5, 5.41) is 2.79. The first-order valence-corrected chi connectivity index (χ1v) is 8.67. The zero-order valence-electron chi connectivity index (χ0n) is 13.4. The van der Waals surface area contributed by atoms with Crippen molar-refractivity contribution < 1.29 is 19.0 Å². The molecule has 2 aromatic rings. The Kier molecular flexibility index (Phi) is 6.51. The van der Waals surface area contributed by atoms with Gasteiger partial charge in [0.2, 0.25) is 0 Å². The standard InChI is InChI=1S/C17H17Br2NO4/c1-10(24-14-6-4-11(18)8-13(14)19)17(21)20-12-5-7-15(22-2)16(9-12)23-3/h4-10H,1-3H3,(H,20,21)/t10-/m1/s1. The molecule has 0 aliphatic carbocycles. The Labute approximate surface area is 157 Å². The Morgan fingerprint density at radius 1 is 1.00 bits per heavy atom. The maximum absolute atomic E-state index is 12.3. The molecular formula is C17H17Br2NO4. The molecule has 0 unspecified atom stereocenters. The second-order valence-electron chi connectivity index (χ2n) is 4.89. The van der Waals surface area contributed by atoms with Gasteiger partial charge in [-0.05, 0) is 53.2 Å². The fourth-order valence-corrected chi connectivity index (χ4v) is 3.11. The summed E-state index contributed by atoms with van der Waals surface area (Å²) < 4.78 is 17.8. The Morgan fingerprint density at radius 2 is 1.67 bits per heavy atom. The van der Waals surface area contributed by atoms with Crippen LogP contribution in [0.5, 0.6) is 17.2 Å². The molecule has 24 heavy (non-hydrogen) atoms. The summed E-state index contributed by atoms with van der Waals surface area (Å²) in [6, 6.07) is 10.6. The van der Waals surface area contributed by atoms with Crippen LogP contribution in [0.4, 0.5) is 5.69 Å². The highest BCUT2D eigenvalue weighted by Crippen LogP contribution is 2.31. The van der Waals surface area contributed by atoms with Crippen LogP contribution in [-0.4, -0.2) is 26.2 Å². The second kappa shape index (κ2) is 8.39. The number of rotatable bonds is 6. The van der Waals surface area contributed by atoms with Crippen molar-refractivity contribution in [2.75, 3.05) is 19.5 Å². The SMILES string of the molecule is COc1ccc(NC(=O)[C@@H](C)Oc2ccc(Br)cc2Br)cc1OC. The van der Waals surface area contributed by atoms with Gasteiger partial charge in [0, 0.05) is 16.2 Å². The molecule has 0 bridgehead atoms. The Hall–Kier alpha value is -1.73. The number of nitrogens with one attached hydrogen (secondary N) is 1. The number of ether oxygens (including phenoxy) is 3. The lowest BCUT2D eigenvalue weighted by atomic mass is 10.2. The van der Waals surface area contributed by atoms with Gasteiger partial charge in [0.15, 0.2) is 17.6 Å². The largest absolute Gasteiger partial charge is 0.493 e. The molecule has 7 heteroatoms. The van der Waals surface area contributed by atoms with Crippen LogP contribution in [0, 0.1) is 0 Å². The lowest BCUT2D eigenvalue weighted by molar-refractivity contribution is -0.122. The quantitative estimate of drug-likeness (QED) is 0.685. The average molecular weight is 459 g/mol. The fraction of sp³-hybridized carbons (Fsp3) is 0.235. The first-order valence-electron chi connectivity index (χ1n) is 7.09. The Bertz CT molecular complexity index is 737. The number of benzene rings is 2. The number of anilines is 1. The van der Waals surface area contributed by atoms with Gasteiger partial charge in [-0.3, -0.25) is 4.79 Å². The molecule has 0 aliphatic heterocycles. The molecule has 1 atom stereocenters. The van der Waals surface area contributed by atoms with E-state index in [4.69, 9.17) is 14.2 Å². The van der Waals surface area contributed by atoms with Crippen LogP contribution in [0.25, 0.3) is 0 Å². The van der Waals surface area contributed by atoms with Crippen molar-refractivity contribution in [3.8, 4) is 17.2 Å². The number of hydrogen-bond acceptors (Lipinski definition) is 4. The molecule has 2 rings (SSSR count). The molecule has 0 heterocycles. The lowest BCUT2D eigenvalue weighted by Crippen LogP contribution is -2.30. The van der Waals surface area contributed by atoms with E-state index in [0.717, 1.165) is 8.95 Å². The molecule has 1 N–H and O–H groups in total. The molecular weight excluding hydrogens is 442 g/mol. The zero-order chi connectivity index (χ0) is 17.7. The van der Waals surface area contributed by atoms with E-state index in [9.17, 15) is 4.79 Å². The highest BCUT2D eigenvalue weighted by molar-refractivity contribution is 9.11. The van der Waals surface area contributed by atoms with Gasteiger partial charge in [-0.2, -0.15) is 0 Å². The van der Waals surface area contributed by atoms with Crippen LogP contribution in [0.1, 0.15) is 6.92 Å². The van der Waals surface area contributed by atoms with Crippen LogP contribution >= 0.6 is 31.9 Å². The minimum Gasteiger partial charge on any atom is -0.493 e. The van der Waals surface area contributed by atoms with Crippen LogP contribution in [0.2, 0.25) is 0 Å². The lowest BCUT2D eigenvalue weighted by Gasteiger charge is -2.16. The smallest absolute Gasteiger partial charge is 0.265 e. The molecule has 0 aromatic heterocycles. The summed E-state index contributed by atoms with van der Waals surface area (Å²) in [6.45, 7) is 1.69. The number of carbonyl (C=O) groups is 1. The number of halogens is 2. The fourth-order valence-electron chi connectivity index (χ4n) is 1.97. The summed E-state index contributed by atoms with van der Waals surface area (Å²) in [5.41, 5.74) is 0.600. The molecule has 128 valence electrons. The number of amides is 1. The third-order valence-electron chi connectivity index (χ3n) is 3.22. The minimum atomic E-state index is -0.671.